The number of ether oxygens (including phenoxy) is 1. The fourth-order valence-corrected chi connectivity index (χ4v) is 3.73. The molecule has 0 radical (unpaired) electrons. The van der Waals surface area contributed by atoms with E-state index in [0.717, 1.165) is 49.9 Å². The lowest BCUT2D eigenvalue weighted by molar-refractivity contribution is 0.188. The van der Waals surface area contributed by atoms with E-state index in [0.29, 0.717) is 0 Å². The zero-order chi connectivity index (χ0) is 16.6. The van der Waals surface area contributed by atoms with Gasteiger partial charge in [-0.3, -0.25) is 4.90 Å². The molecule has 24 heavy (non-hydrogen) atoms. The van der Waals surface area contributed by atoms with Crippen molar-refractivity contribution in [1.29, 1.82) is 0 Å². The van der Waals surface area contributed by atoms with E-state index in [1.807, 2.05) is 12.1 Å². The molecule has 1 aromatic carbocycles. The summed E-state index contributed by atoms with van der Waals surface area (Å²) in [6.07, 6.45) is 3.30. The monoisotopic (exact) mass is 328 g/mol. The highest BCUT2D eigenvalue weighted by Gasteiger charge is 2.45. The van der Waals surface area contributed by atoms with Gasteiger partial charge in [0.05, 0.1) is 18.6 Å². The summed E-state index contributed by atoms with van der Waals surface area (Å²) in [5, 5.41) is 7.71. The molecule has 0 spiro atoms. The molecule has 6 heteroatoms. The van der Waals surface area contributed by atoms with Crippen molar-refractivity contribution in [1.82, 2.24) is 20.4 Å². The number of piperazine rings is 1. The van der Waals surface area contributed by atoms with Crippen molar-refractivity contribution in [3.8, 4) is 5.75 Å². The zero-order valence-electron chi connectivity index (χ0n) is 14.3. The minimum absolute atomic E-state index is 0.127. The second kappa shape index (κ2) is 6.18. The highest BCUT2D eigenvalue weighted by Crippen LogP contribution is 2.48. The molecule has 128 valence electrons. The van der Waals surface area contributed by atoms with Gasteiger partial charge in [0.25, 0.3) is 0 Å². The van der Waals surface area contributed by atoms with E-state index < -0.39 is 0 Å². The summed E-state index contributed by atoms with van der Waals surface area (Å²) < 4.78 is 11.0. The molecule has 1 aliphatic carbocycles. The van der Waals surface area contributed by atoms with Crippen molar-refractivity contribution in [3.63, 3.8) is 0 Å². The average Bonchev–Trinajstić information content (AvgIpc) is 3.05. The van der Waals surface area contributed by atoms with Gasteiger partial charge in [-0.25, -0.2) is 0 Å². The molecule has 0 bridgehead atoms. The Bertz CT molecular complexity index is 693. The topological polar surface area (TPSA) is 63.4 Å². The fourth-order valence-electron chi connectivity index (χ4n) is 3.73. The first-order valence-corrected chi connectivity index (χ1v) is 8.62. The lowest BCUT2D eigenvalue weighted by Gasteiger charge is -2.39. The van der Waals surface area contributed by atoms with Crippen LogP contribution in [0.4, 0.5) is 0 Å². The summed E-state index contributed by atoms with van der Waals surface area (Å²) in [5.41, 5.74) is 1.11. The summed E-state index contributed by atoms with van der Waals surface area (Å²) in [6, 6.07) is 8.44. The van der Waals surface area contributed by atoms with Crippen molar-refractivity contribution < 1.29 is 9.26 Å². The van der Waals surface area contributed by atoms with E-state index in [2.05, 4.69) is 34.6 Å². The number of benzene rings is 1. The number of hydrogen-bond donors (Lipinski definition) is 1. The quantitative estimate of drug-likeness (QED) is 0.927. The van der Waals surface area contributed by atoms with Crippen LogP contribution in [0.15, 0.2) is 28.8 Å². The number of aromatic nitrogens is 2. The van der Waals surface area contributed by atoms with Crippen molar-refractivity contribution in [2.24, 2.45) is 0 Å². The van der Waals surface area contributed by atoms with Crippen LogP contribution in [-0.4, -0.2) is 48.8 Å². The van der Waals surface area contributed by atoms with Crippen molar-refractivity contribution in [3.05, 3.63) is 41.5 Å². The lowest BCUT2D eigenvalue weighted by Crippen LogP contribution is -2.44. The van der Waals surface area contributed by atoms with E-state index in [1.54, 1.807) is 7.11 Å². The summed E-state index contributed by atoms with van der Waals surface area (Å²) in [5.74, 6) is 2.42. The first-order valence-electron chi connectivity index (χ1n) is 8.62. The third-order valence-electron chi connectivity index (χ3n) is 5.51. The molecule has 2 aromatic rings. The molecule has 1 aliphatic heterocycles. The van der Waals surface area contributed by atoms with Gasteiger partial charge in [-0.2, -0.15) is 4.98 Å². The van der Waals surface area contributed by atoms with Crippen LogP contribution >= 0.6 is 0 Å². The second-order valence-electron chi connectivity index (χ2n) is 6.82. The van der Waals surface area contributed by atoms with Gasteiger partial charge in [0.15, 0.2) is 5.82 Å². The molecule has 4 rings (SSSR count). The van der Waals surface area contributed by atoms with Gasteiger partial charge < -0.3 is 14.6 Å². The highest BCUT2D eigenvalue weighted by atomic mass is 16.5. The molecule has 2 heterocycles. The molecule has 1 N–H and O–H groups in total. The zero-order valence-corrected chi connectivity index (χ0v) is 14.3. The molecule has 0 amide bonds. The van der Waals surface area contributed by atoms with Gasteiger partial charge in [-0.05, 0) is 37.6 Å². The van der Waals surface area contributed by atoms with Crippen LogP contribution in [0.3, 0.4) is 0 Å². The van der Waals surface area contributed by atoms with E-state index in [1.165, 1.54) is 12.0 Å². The number of nitrogens with one attached hydrogen (secondary N) is 1. The second-order valence-corrected chi connectivity index (χ2v) is 6.82. The minimum atomic E-state index is -0.127. The predicted octanol–water partition coefficient (Wildman–Crippen LogP) is 2.12. The molecule has 6 nitrogen and oxygen atoms in total. The SMILES string of the molecule is COc1ccc(C2(c3nc(C4CNCCN4C)no3)CCC2)cc1. The Morgan fingerprint density at radius 3 is 2.71 bits per heavy atom. The molecule has 1 saturated carbocycles. The lowest BCUT2D eigenvalue weighted by atomic mass is 9.64. The molecule has 2 fully saturated rings. The van der Waals surface area contributed by atoms with Gasteiger partial charge in [0.2, 0.25) is 5.89 Å². The van der Waals surface area contributed by atoms with Crippen LogP contribution in [0.5, 0.6) is 5.75 Å². The van der Waals surface area contributed by atoms with Crippen LogP contribution < -0.4 is 10.1 Å². The van der Waals surface area contributed by atoms with Crippen molar-refractivity contribution >= 4 is 0 Å². The highest BCUT2D eigenvalue weighted by molar-refractivity contribution is 5.38. The smallest absolute Gasteiger partial charge is 0.237 e. The van der Waals surface area contributed by atoms with Crippen LogP contribution in [0.25, 0.3) is 0 Å². The normalized spacial score (nSPS) is 23.7. The Balaban J connectivity index is 1.63. The fraction of sp³-hybridized carbons (Fsp3) is 0.556. The maximum absolute atomic E-state index is 5.74. The van der Waals surface area contributed by atoms with Crippen molar-refractivity contribution in [2.45, 2.75) is 30.7 Å². The largest absolute Gasteiger partial charge is 0.497 e. The van der Waals surface area contributed by atoms with E-state index in [-0.39, 0.29) is 11.5 Å². The van der Waals surface area contributed by atoms with Gasteiger partial charge in [-0.15, -0.1) is 0 Å². The molecular formula is C18H24N4O2. The number of rotatable bonds is 4. The molecule has 1 atom stereocenters. The minimum Gasteiger partial charge on any atom is -0.497 e. The molecule has 1 saturated heterocycles. The Labute approximate surface area is 142 Å². The van der Waals surface area contributed by atoms with E-state index >= 15 is 0 Å². The number of likely N-dealkylation sites (N-methyl/N-ethyl adjacent to an activating group) is 1. The Kier molecular flexibility index (Phi) is 4.02. The molecule has 1 aromatic heterocycles. The third kappa shape index (κ3) is 2.50. The summed E-state index contributed by atoms with van der Waals surface area (Å²) in [7, 11) is 3.80. The summed E-state index contributed by atoms with van der Waals surface area (Å²) in [6.45, 7) is 2.87. The number of hydrogen-bond acceptors (Lipinski definition) is 6. The maximum Gasteiger partial charge on any atom is 0.237 e. The Morgan fingerprint density at radius 2 is 2.08 bits per heavy atom. The van der Waals surface area contributed by atoms with Crippen molar-refractivity contribution in [2.75, 3.05) is 33.8 Å². The molecule has 2 aliphatic rings. The first-order chi connectivity index (χ1) is 11.7. The molecule has 1 unspecified atom stereocenters. The Morgan fingerprint density at radius 1 is 1.29 bits per heavy atom. The van der Waals surface area contributed by atoms with Crippen LogP contribution in [0.1, 0.15) is 42.6 Å². The van der Waals surface area contributed by atoms with Crippen LogP contribution in [0.2, 0.25) is 0 Å². The van der Waals surface area contributed by atoms with E-state index in [4.69, 9.17) is 14.2 Å². The van der Waals surface area contributed by atoms with Gasteiger partial charge in [-0.1, -0.05) is 23.7 Å². The molecular weight excluding hydrogens is 304 g/mol. The summed E-state index contributed by atoms with van der Waals surface area (Å²) >= 11 is 0. The maximum atomic E-state index is 5.74. The number of nitrogens with zero attached hydrogens (tertiary/aromatic N) is 3. The first kappa shape index (κ1) is 15.6. The Hall–Kier alpha value is -1.92. The van der Waals surface area contributed by atoms with E-state index in [9.17, 15) is 0 Å². The standard InChI is InChI=1S/C18H24N4O2/c1-22-11-10-19-12-15(22)16-20-17(24-21-16)18(8-3-9-18)13-4-6-14(23-2)7-5-13/h4-7,15,19H,3,8-12H2,1-2H3. The predicted molar refractivity (Wildman–Crippen MR) is 90.2 cm³/mol. The van der Waals surface area contributed by atoms with Crippen LogP contribution in [0, 0.1) is 0 Å². The van der Waals surface area contributed by atoms with Gasteiger partial charge in [0, 0.05) is 19.6 Å². The van der Waals surface area contributed by atoms with Crippen LogP contribution in [-0.2, 0) is 5.41 Å². The third-order valence-corrected chi connectivity index (χ3v) is 5.51. The van der Waals surface area contributed by atoms with Gasteiger partial charge in [0.1, 0.15) is 5.75 Å². The summed E-state index contributed by atoms with van der Waals surface area (Å²) in [4.78, 5) is 7.09. The van der Waals surface area contributed by atoms with Gasteiger partial charge >= 0.3 is 0 Å². The average molecular weight is 328 g/mol. The number of methoxy groups -OCH3 is 1.